The van der Waals surface area contributed by atoms with Crippen LogP contribution in [0.4, 0.5) is 5.69 Å². The van der Waals surface area contributed by atoms with Crippen molar-refractivity contribution in [1.29, 1.82) is 0 Å². The summed E-state index contributed by atoms with van der Waals surface area (Å²) < 4.78 is 0. The molecule has 2 rings (SSSR count). The van der Waals surface area contributed by atoms with E-state index in [-0.39, 0.29) is 5.78 Å². The average Bonchev–Trinajstić information content (AvgIpc) is 2.77. The number of ketones is 1. The molecule has 104 valence electrons. The maximum absolute atomic E-state index is 11.3. The number of Topliss-reactive ketones (excluding diaryl/α,β-unsaturated/α-hetero) is 1. The average molecular weight is 280 g/mol. The van der Waals surface area contributed by atoms with E-state index in [0.717, 1.165) is 18.8 Å². The summed E-state index contributed by atoms with van der Waals surface area (Å²) in [5.74, 6) is 0.749. The molecule has 1 aromatic rings. The molecule has 0 N–H and O–H groups in total. The van der Waals surface area contributed by atoms with Gasteiger partial charge in [-0.05, 0) is 42.9 Å². The number of carbonyl (C=O) groups is 1. The van der Waals surface area contributed by atoms with Gasteiger partial charge in [-0.25, -0.2) is 0 Å². The van der Waals surface area contributed by atoms with E-state index < -0.39 is 0 Å². The molecule has 0 bridgehead atoms. The van der Waals surface area contributed by atoms with Crippen molar-refractivity contribution >= 4 is 23.1 Å². The van der Waals surface area contributed by atoms with E-state index in [4.69, 9.17) is 11.6 Å². The van der Waals surface area contributed by atoms with Crippen molar-refractivity contribution in [3.63, 3.8) is 0 Å². The zero-order chi connectivity index (χ0) is 14.2. The molecule has 1 fully saturated rings. The van der Waals surface area contributed by atoms with Gasteiger partial charge in [-0.1, -0.05) is 32.4 Å². The van der Waals surface area contributed by atoms with Gasteiger partial charge in [-0.2, -0.15) is 0 Å². The molecule has 0 saturated carbocycles. The second-order valence-electron chi connectivity index (χ2n) is 6.52. The molecule has 19 heavy (non-hydrogen) atoms. The Bertz CT molecular complexity index is 490. The molecule has 2 nitrogen and oxygen atoms in total. The standard InChI is InChI=1S/C16H22ClNO/c1-11(19)12-5-6-15(14(17)9-12)18-8-7-13(10-18)16(2,3)4/h5-6,9,13H,7-8,10H2,1-4H3. The fraction of sp³-hybridized carbons (Fsp3) is 0.562. The van der Waals surface area contributed by atoms with Gasteiger partial charge in [0.15, 0.2) is 5.78 Å². The molecule has 1 heterocycles. The normalized spacial score (nSPS) is 19.8. The van der Waals surface area contributed by atoms with Gasteiger partial charge in [-0.3, -0.25) is 4.79 Å². The number of halogens is 1. The van der Waals surface area contributed by atoms with Crippen molar-refractivity contribution in [2.45, 2.75) is 34.1 Å². The third kappa shape index (κ3) is 3.11. The third-order valence-corrected chi connectivity index (χ3v) is 4.41. The van der Waals surface area contributed by atoms with Crippen molar-refractivity contribution in [2.75, 3.05) is 18.0 Å². The first-order valence-electron chi connectivity index (χ1n) is 6.84. The molecule has 1 unspecified atom stereocenters. The summed E-state index contributed by atoms with van der Waals surface area (Å²) in [5.41, 5.74) is 2.07. The molecule has 0 amide bonds. The highest BCUT2D eigenvalue weighted by Crippen LogP contribution is 2.37. The molecule has 1 aliphatic heterocycles. The molecule has 1 aromatic carbocycles. The van der Waals surface area contributed by atoms with Gasteiger partial charge in [0.1, 0.15) is 0 Å². The first kappa shape index (κ1) is 14.4. The predicted molar refractivity (Wildman–Crippen MR) is 81.2 cm³/mol. The first-order chi connectivity index (χ1) is 8.79. The van der Waals surface area contributed by atoms with Crippen LogP contribution in [-0.2, 0) is 0 Å². The Hall–Kier alpha value is -1.02. The Balaban J connectivity index is 2.18. The number of carbonyl (C=O) groups excluding carboxylic acids is 1. The van der Waals surface area contributed by atoms with Gasteiger partial charge in [0.05, 0.1) is 10.7 Å². The molecule has 0 spiro atoms. The zero-order valence-electron chi connectivity index (χ0n) is 12.2. The Morgan fingerprint density at radius 1 is 1.37 bits per heavy atom. The lowest BCUT2D eigenvalue weighted by Crippen LogP contribution is -2.26. The van der Waals surface area contributed by atoms with E-state index in [9.17, 15) is 4.79 Å². The van der Waals surface area contributed by atoms with Gasteiger partial charge in [0.25, 0.3) is 0 Å². The van der Waals surface area contributed by atoms with Gasteiger partial charge >= 0.3 is 0 Å². The number of rotatable bonds is 2. The molecule has 0 radical (unpaired) electrons. The fourth-order valence-corrected chi connectivity index (χ4v) is 2.97. The zero-order valence-corrected chi connectivity index (χ0v) is 12.9. The summed E-state index contributed by atoms with van der Waals surface area (Å²) in [5, 5.41) is 0.683. The van der Waals surface area contributed by atoms with Crippen molar-refractivity contribution in [3.8, 4) is 0 Å². The van der Waals surface area contributed by atoms with Crippen LogP contribution in [0.2, 0.25) is 5.02 Å². The third-order valence-electron chi connectivity index (χ3n) is 4.11. The molecule has 0 aromatic heterocycles. The SMILES string of the molecule is CC(=O)c1ccc(N2CCC(C(C)(C)C)C2)c(Cl)c1. The molecule has 0 aliphatic carbocycles. The highest BCUT2D eigenvalue weighted by Gasteiger charge is 2.32. The number of hydrogen-bond donors (Lipinski definition) is 0. The Kier molecular flexibility index (Phi) is 3.91. The van der Waals surface area contributed by atoms with E-state index in [1.165, 1.54) is 6.42 Å². The van der Waals surface area contributed by atoms with Crippen LogP contribution in [0.25, 0.3) is 0 Å². The van der Waals surface area contributed by atoms with Crippen LogP contribution in [0.5, 0.6) is 0 Å². The lowest BCUT2D eigenvalue weighted by atomic mass is 9.80. The summed E-state index contributed by atoms with van der Waals surface area (Å²) in [6.45, 7) is 10.5. The Labute approximate surface area is 120 Å². The van der Waals surface area contributed by atoms with Crippen LogP contribution in [-0.4, -0.2) is 18.9 Å². The smallest absolute Gasteiger partial charge is 0.159 e. The summed E-state index contributed by atoms with van der Waals surface area (Å²) in [7, 11) is 0. The molecule has 1 aliphatic rings. The van der Waals surface area contributed by atoms with Crippen LogP contribution in [0.1, 0.15) is 44.5 Å². The maximum Gasteiger partial charge on any atom is 0.159 e. The second kappa shape index (κ2) is 5.16. The van der Waals surface area contributed by atoms with Crippen LogP contribution in [0.15, 0.2) is 18.2 Å². The minimum atomic E-state index is 0.0578. The van der Waals surface area contributed by atoms with Crippen molar-refractivity contribution in [3.05, 3.63) is 28.8 Å². The van der Waals surface area contributed by atoms with Crippen LogP contribution >= 0.6 is 11.6 Å². The molecule has 1 saturated heterocycles. The van der Waals surface area contributed by atoms with E-state index in [1.54, 1.807) is 13.0 Å². The largest absolute Gasteiger partial charge is 0.370 e. The van der Waals surface area contributed by atoms with Gasteiger partial charge < -0.3 is 4.90 Å². The van der Waals surface area contributed by atoms with E-state index in [2.05, 4.69) is 25.7 Å². The quantitative estimate of drug-likeness (QED) is 0.747. The van der Waals surface area contributed by atoms with Gasteiger partial charge in [-0.15, -0.1) is 0 Å². The minimum Gasteiger partial charge on any atom is -0.370 e. The maximum atomic E-state index is 11.3. The van der Waals surface area contributed by atoms with Crippen LogP contribution < -0.4 is 4.90 Å². The van der Waals surface area contributed by atoms with E-state index in [0.29, 0.717) is 21.9 Å². The number of benzene rings is 1. The summed E-state index contributed by atoms with van der Waals surface area (Å²) in [6, 6.07) is 5.63. The first-order valence-corrected chi connectivity index (χ1v) is 7.22. The topological polar surface area (TPSA) is 20.3 Å². The van der Waals surface area contributed by atoms with Gasteiger partial charge in [0.2, 0.25) is 0 Å². The molecule has 1 atom stereocenters. The van der Waals surface area contributed by atoms with Crippen LogP contribution in [0.3, 0.4) is 0 Å². The number of nitrogens with zero attached hydrogens (tertiary/aromatic N) is 1. The number of anilines is 1. The minimum absolute atomic E-state index is 0.0578. The number of hydrogen-bond acceptors (Lipinski definition) is 2. The summed E-state index contributed by atoms with van der Waals surface area (Å²) >= 11 is 6.32. The van der Waals surface area contributed by atoms with Crippen molar-refractivity contribution < 1.29 is 4.79 Å². The van der Waals surface area contributed by atoms with Gasteiger partial charge in [0, 0.05) is 18.7 Å². The fourth-order valence-electron chi connectivity index (χ4n) is 2.67. The summed E-state index contributed by atoms with van der Waals surface area (Å²) in [4.78, 5) is 13.7. The summed E-state index contributed by atoms with van der Waals surface area (Å²) in [6.07, 6.45) is 1.20. The molecular weight excluding hydrogens is 258 g/mol. The Morgan fingerprint density at radius 3 is 2.53 bits per heavy atom. The lowest BCUT2D eigenvalue weighted by molar-refractivity contribution is 0.101. The molecular formula is C16H22ClNO. The highest BCUT2D eigenvalue weighted by atomic mass is 35.5. The predicted octanol–water partition coefficient (Wildman–Crippen LogP) is 4.42. The molecule has 3 heteroatoms. The second-order valence-corrected chi connectivity index (χ2v) is 6.93. The monoisotopic (exact) mass is 279 g/mol. The van der Waals surface area contributed by atoms with E-state index >= 15 is 0 Å². The highest BCUT2D eigenvalue weighted by molar-refractivity contribution is 6.33. The lowest BCUT2D eigenvalue weighted by Gasteiger charge is -2.27. The Morgan fingerprint density at radius 2 is 2.05 bits per heavy atom. The van der Waals surface area contributed by atoms with E-state index in [1.807, 2.05) is 12.1 Å². The van der Waals surface area contributed by atoms with Crippen molar-refractivity contribution in [1.82, 2.24) is 0 Å². The van der Waals surface area contributed by atoms with Crippen LogP contribution in [0, 0.1) is 11.3 Å². The van der Waals surface area contributed by atoms with Crippen molar-refractivity contribution in [2.24, 2.45) is 11.3 Å².